The van der Waals surface area contributed by atoms with Crippen molar-refractivity contribution >= 4 is 45.4 Å². The number of nitrogens with zero attached hydrogens (tertiary/aromatic N) is 4. The third kappa shape index (κ3) is 7.35. The van der Waals surface area contributed by atoms with E-state index in [1.807, 2.05) is 13.0 Å². The van der Waals surface area contributed by atoms with Crippen LogP contribution in [0.4, 0.5) is 14.6 Å². The molecule has 5 heterocycles. The first kappa shape index (κ1) is 33.9. The number of fused-ring (bicyclic) bond motifs is 1. The van der Waals surface area contributed by atoms with Crippen LogP contribution in [0.3, 0.4) is 0 Å². The van der Waals surface area contributed by atoms with Gasteiger partial charge in [-0.1, -0.05) is 0 Å². The SMILES string of the molecule is Cc1cc(Br)cnc1N1CC(OC2CCN(CC(F)(F)COC3CC(Oc4ccc5c(c4)C(=O)N(C4CCC(=O)NC4=O)C5=O)C3)CC2)C1. The van der Waals surface area contributed by atoms with Crippen molar-refractivity contribution in [3.63, 3.8) is 0 Å². The number of benzene rings is 1. The van der Waals surface area contributed by atoms with Gasteiger partial charge in [-0.2, -0.15) is 0 Å². The number of halogens is 3. The Morgan fingerprint density at radius 3 is 2.41 bits per heavy atom. The lowest BCUT2D eigenvalue weighted by Gasteiger charge is -2.43. The standard InChI is InChI=1S/C34H38BrF2N5O7/c1-19-10-20(35)14-38-30(19)41-15-25(16-41)48-21-6-8-40(9-7-21)17-34(36,37)18-47-23-11-24(12-23)49-22-2-3-26-27(13-22)33(46)42(32(26)45)28-4-5-29(43)39-31(28)44/h2-3,10,13-14,21,23-25,28H,4-9,11-12,15-18H2,1H3,(H,39,43,44). The topological polar surface area (TPSA) is 131 Å². The fourth-order valence-electron chi connectivity index (χ4n) is 7.12. The van der Waals surface area contributed by atoms with E-state index in [-0.39, 0.29) is 54.9 Å². The lowest BCUT2D eigenvalue weighted by Crippen LogP contribution is -2.55. The molecule has 1 atom stereocenters. The van der Waals surface area contributed by atoms with Crippen LogP contribution in [0.5, 0.6) is 5.75 Å². The number of pyridine rings is 1. The molecular formula is C34H38BrF2N5O7. The Hall–Kier alpha value is -3.53. The Bertz CT molecular complexity index is 1640. The van der Waals surface area contributed by atoms with Gasteiger partial charge in [-0.25, -0.2) is 13.8 Å². The Morgan fingerprint density at radius 1 is 0.959 bits per heavy atom. The molecular weight excluding hydrogens is 708 g/mol. The fraction of sp³-hybridized carbons (Fsp3) is 0.559. The molecule has 0 bridgehead atoms. The van der Waals surface area contributed by atoms with Gasteiger partial charge in [0.2, 0.25) is 11.8 Å². The Morgan fingerprint density at radius 2 is 1.69 bits per heavy atom. The predicted octanol–water partition coefficient (Wildman–Crippen LogP) is 3.49. The smallest absolute Gasteiger partial charge is 0.283 e. The normalized spacial score (nSPS) is 25.3. The average Bonchev–Trinajstić information content (AvgIpc) is 3.25. The summed E-state index contributed by atoms with van der Waals surface area (Å²) in [7, 11) is 0. The first-order valence-electron chi connectivity index (χ1n) is 16.7. The van der Waals surface area contributed by atoms with E-state index in [9.17, 15) is 28.0 Å². The number of hydrogen-bond acceptors (Lipinski definition) is 10. The molecule has 1 saturated carbocycles. The Labute approximate surface area is 290 Å². The van der Waals surface area contributed by atoms with Gasteiger partial charge in [-0.3, -0.25) is 34.3 Å². The van der Waals surface area contributed by atoms with Gasteiger partial charge < -0.3 is 19.1 Å². The second-order valence-electron chi connectivity index (χ2n) is 13.6. The largest absolute Gasteiger partial charge is 0.490 e. The van der Waals surface area contributed by atoms with Gasteiger partial charge in [0.15, 0.2) is 0 Å². The minimum absolute atomic E-state index is 0.0378. The number of anilines is 1. The minimum atomic E-state index is -3.00. The Balaban J connectivity index is 0.800. The second kappa shape index (κ2) is 13.6. The molecule has 1 aromatic carbocycles. The van der Waals surface area contributed by atoms with Crippen LogP contribution >= 0.6 is 15.9 Å². The van der Waals surface area contributed by atoms with Gasteiger partial charge >= 0.3 is 0 Å². The van der Waals surface area contributed by atoms with Crippen molar-refractivity contribution in [1.82, 2.24) is 20.1 Å². The van der Waals surface area contributed by atoms with Gasteiger partial charge in [0.05, 0.1) is 36.0 Å². The molecule has 1 aliphatic carbocycles. The number of alkyl halides is 2. The van der Waals surface area contributed by atoms with Gasteiger partial charge in [0, 0.05) is 56.1 Å². The van der Waals surface area contributed by atoms with Crippen LogP contribution in [0.15, 0.2) is 34.9 Å². The highest BCUT2D eigenvalue weighted by Gasteiger charge is 2.45. The third-order valence-electron chi connectivity index (χ3n) is 9.84. The summed E-state index contributed by atoms with van der Waals surface area (Å²) in [6, 6.07) is 5.50. The molecule has 3 saturated heterocycles. The van der Waals surface area contributed by atoms with Crippen molar-refractivity contribution in [3.05, 3.63) is 51.6 Å². The summed E-state index contributed by atoms with van der Waals surface area (Å²) in [6.45, 7) is 3.64. The number of ether oxygens (including phenoxy) is 3. The van der Waals surface area contributed by atoms with Gasteiger partial charge in [-0.05, 0) is 71.9 Å². The first-order chi connectivity index (χ1) is 23.4. The summed E-state index contributed by atoms with van der Waals surface area (Å²) >= 11 is 3.44. The van der Waals surface area contributed by atoms with Crippen molar-refractivity contribution in [2.75, 3.05) is 44.2 Å². The van der Waals surface area contributed by atoms with Crippen molar-refractivity contribution in [2.45, 2.75) is 81.8 Å². The number of rotatable bonds is 11. The maximum absolute atomic E-state index is 14.9. The summed E-state index contributed by atoms with van der Waals surface area (Å²) in [5.41, 5.74) is 1.38. The maximum Gasteiger partial charge on any atom is 0.283 e. The molecule has 15 heteroatoms. The van der Waals surface area contributed by atoms with Gasteiger partial charge in [0.25, 0.3) is 17.7 Å². The van der Waals surface area contributed by atoms with Crippen LogP contribution in [0, 0.1) is 6.92 Å². The van der Waals surface area contributed by atoms with Crippen LogP contribution < -0.4 is 15.0 Å². The van der Waals surface area contributed by atoms with Gasteiger partial charge in [0.1, 0.15) is 30.3 Å². The molecule has 2 aromatic rings. The summed E-state index contributed by atoms with van der Waals surface area (Å²) in [4.78, 5) is 59.1. The molecule has 7 rings (SSSR count). The lowest BCUT2D eigenvalue weighted by molar-refractivity contribution is -0.147. The van der Waals surface area contributed by atoms with E-state index >= 15 is 0 Å². The summed E-state index contributed by atoms with van der Waals surface area (Å²) < 4.78 is 48.4. The highest BCUT2D eigenvalue weighted by atomic mass is 79.9. The average molecular weight is 747 g/mol. The van der Waals surface area contributed by atoms with E-state index in [4.69, 9.17) is 14.2 Å². The number of aromatic nitrogens is 1. The van der Waals surface area contributed by atoms with Crippen molar-refractivity contribution in [1.29, 1.82) is 0 Å². The molecule has 4 amide bonds. The molecule has 0 radical (unpaired) electrons. The number of amides is 4. The summed E-state index contributed by atoms with van der Waals surface area (Å²) in [5.74, 6) is -4.01. The van der Waals surface area contributed by atoms with E-state index in [2.05, 4.69) is 31.1 Å². The van der Waals surface area contributed by atoms with Crippen molar-refractivity contribution in [3.8, 4) is 5.75 Å². The number of likely N-dealkylation sites (tertiary alicyclic amines) is 1. The number of aryl methyl sites for hydroxylation is 1. The lowest BCUT2D eigenvalue weighted by atomic mass is 9.92. The molecule has 49 heavy (non-hydrogen) atoms. The quantitative estimate of drug-likeness (QED) is 0.342. The van der Waals surface area contributed by atoms with E-state index in [1.165, 1.54) is 12.1 Å². The number of hydrogen-bond donors (Lipinski definition) is 1. The molecule has 5 aliphatic rings. The molecule has 4 fully saturated rings. The number of carbonyl (C=O) groups is 4. The molecule has 1 aromatic heterocycles. The molecule has 1 unspecified atom stereocenters. The highest BCUT2D eigenvalue weighted by Crippen LogP contribution is 2.34. The van der Waals surface area contributed by atoms with Gasteiger partial charge in [-0.15, -0.1) is 0 Å². The number of carbonyl (C=O) groups excluding carboxylic acids is 4. The summed E-state index contributed by atoms with van der Waals surface area (Å²) in [6.07, 6.45) is 3.69. The van der Waals surface area contributed by atoms with Crippen LogP contribution in [-0.2, 0) is 19.1 Å². The number of imide groups is 2. The maximum atomic E-state index is 14.9. The van der Waals surface area contributed by atoms with E-state index in [1.54, 1.807) is 17.2 Å². The van der Waals surface area contributed by atoms with Crippen LogP contribution in [0.1, 0.15) is 64.8 Å². The summed E-state index contributed by atoms with van der Waals surface area (Å²) in [5, 5.41) is 2.17. The molecule has 262 valence electrons. The van der Waals surface area contributed by atoms with Crippen LogP contribution in [0.25, 0.3) is 0 Å². The van der Waals surface area contributed by atoms with Crippen LogP contribution in [0.2, 0.25) is 0 Å². The molecule has 1 N–H and O–H groups in total. The zero-order chi connectivity index (χ0) is 34.4. The fourth-order valence-corrected chi connectivity index (χ4v) is 7.56. The zero-order valence-electron chi connectivity index (χ0n) is 27.0. The number of nitrogens with one attached hydrogen (secondary N) is 1. The van der Waals surface area contributed by atoms with Crippen LogP contribution in [-0.4, -0.2) is 114 Å². The van der Waals surface area contributed by atoms with Crippen molar-refractivity contribution in [2.24, 2.45) is 0 Å². The predicted molar refractivity (Wildman–Crippen MR) is 175 cm³/mol. The third-order valence-corrected chi connectivity index (χ3v) is 10.3. The van der Waals surface area contributed by atoms with E-state index < -0.39 is 42.2 Å². The van der Waals surface area contributed by atoms with E-state index in [0.29, 0.717) is 44.5 Å². The molecule has 4 aliphatic heterocycles. The number of piperidine rings is 2. The zero-order valence-corrected chi connectivity index (χ0v) is 28.6. The highest BCUT2D eigenvalue weighted by molar-refractivity contribution is 9.10. The van der Waals surface area contributed by atoms with E-state index in [0.717, 1.165) is 33.8 Å². The minimum Gasteiger partial charge on any atom is -0.490 e. The monoisotopic (exact) mass is 745 g/mol. The Kier molecular flexibility index (Phi) is 9.45. The van der Waals surface area contributed by atoms with Crippen molar-refractivity contribution < 1.29 is 42.2 Å². The second-order valence-corrected chi connectivity index (χ2v) is 14.5. The first-order valence-corrected chi connectivity index (χ1v) is 17.5. The molecule has 0 spiro atoms. The molecule has 12 nitrogen and oxygen atoms in total.